The van der Waals surface area contributed by atoms with Gasteiger partial charge in [0.05, 0.1) is 6.54 Å². The Morgan fingerprint density at radius 2 is 1.73 bits per heavy atom. The van der Waals surface area contributed by atoms with Crippen molar-refractivity contribution in [2.75, 3.05) is 6.54 Å². The van der Waals surface area contributed by atoms with E-state index in [0.717, 1.165) is 24.2 Å². The number of nitrogens with zero attached hydrogens (tertiary/aromatic N) is 1. The number of imide groups is 1. The minimum Gasteiger partial charge on any atom is -0.298 e. The number of amides is 2. The second-order valence-electron chi connectivity index (χ2n) is 3.87. The zero-order valence-electron chi connectivity index (χ0n) is 9.12. The predicted octanol–water partition coefficient (Wildman–Crippen LogP) is 1.28. The van der Waals surface area contributed by atoms with Crippen LogP contribution in [0, 0.1) is 0 Å². The van der Waals surface area contributed by atoms with Gasteiger partial charge in [0.25, 0.3) is 0 Å². The molecule has 1 fully saturated rings. The Labute approximate surface area is 89.6 Å². The largest absolute Gasteiger partial charge is 0.298 e. The molecule has 0 N–H and O–H groups in total. The normalized spacial score (nSPS) is 17.8. The fourth-order valence-electron chi connectivity index (χ4n) is 1.67. The van der Waals surface area contributed by atoms with Crippen molar-refractivity contribution in [3.63, 3.8) is 0 Å². The molecule has 4 nitrogen and oxygen atoms in total. The summed E-state index contributed by atoms with van der Waals surface area (Å²) in [5.74, 6) is -0.412. The lowest BCUT2D eigenvalue weighted by Gasteiger charge is -2.17. The van der Waals surface area contributed by atoms with Gasteiger partial charge in [0.2, 0.25) is 11.8 Å². The Bertz CT molecular complexity index is 255. The van der Waals surface area contributed by atoms with Gasteiger partial charge in [0, 0.05) is 19.3 Å². The van der Waals surface area contributed by atoms with Crippen LogP contribution >= 0.6 is 0 Å². The van der Waals surface area contributed by atoms with Crippen molar-refractivity contribution in [1.82, 2.24) is 4.90 Å². The number of likely N-dealkylation sites (tertiary alicyclic amines) is 1. The average Bonchev–Trinajstić information content (AvgIpc) is 2.33. The second kappa shape index (κ2) is 5.63. The molecular weight excluding hydrogens is 194 g/mol. The number of hydrogen-bond donors (Lipinski definition) is 0. The summed E-state index contributed by atoms with van der Waals surface area (Å²) in [5.41, 5.74) is 0. The number of hydrogen-bond acceptors (Lipinski definition) is 3. The Hall–Kier alpha value is -1.19. The van der Waals surface area contributed by atoms with Crippen molar-refractivity contribution < 1.29 is 14.4 Å². The van der Waals surface area contributed by atoms with Gasteiger partial charge < -0.3 is 0 Å². The highest BCUT2D eigenvalue weighted by molar-refractivity contribution is 5.99. The van der Waals surface area contributed by atoms with Crippen LogP contribution in [0.15, 0.2) is 0 Å². The van der Waals surface area contributed by atoms with Crippen molar-refractivity contribution in [2.45, 2.75) is 45.4 Å². The van der Waals surface area contributed by atoms with Gasteiger partial charge in [-0.3, -0.25) is 19.3 Å². The Kier molecular flexibility index (Phi) is 4.46. The quantitative estimate of drug-likeness (QED) is 0.658. The fraction of sp³-hybridized carbons (Fsp3) is 0.727. The van der Waals surface area contributed by atoms with Crippen molar-refractivity contribution in [2.24, 2.45) is 0 Å². The number of ketones is 1. The first-order chi connectivity index (χ1) is 7.15. The molecule has 1 aliphatic rings. The predicted molar refractivity (Wildman–Crippen MR) is 55.1 cm³/mol. The van der Waals surface area contributed by atoms with Crippen molar-refractivity contribution in [3.05, 3.63) is 0 Å². The molecule has 15 heavy (non-hydrogen) atoms. The van der Waals surface area contributed by atoms with E-state index in [9.17, 15) is 14.4 Å². The molecule has 0 radical (unpaired) electrons. The van der Waals surface area contributed by atoms with E-state index in [1.54, 1.807) is 0 Å². The van der Waals surface area contributed by atoms with Crippen LogP contribution in [0.2, 0.25) is 0 Å². The molecule has 1 aliphatic heterocycles. The minimum absolute atomic E-state index is 0.0223. The molecule has 84 valence electrons. The third-order valence-electron chi connectivity index (χ3n) is 2.50. The van der Waals surface area contributed by atoms with Gasteiger partial charge in [-0.2, -0.15) is 0 Å². The lowest BCUT2D eigenvalue weighted by atomic mass is 10.2. The molecule has 0 spiro atoms. The third-order valence-corrected chi connectivity index (χ3v) is 2.50. The number of carbonyl (C=O) groups excluding carboxylic acids is 3. The Morgan fingerprint density at radius 1 is 1.20 bits per heavy atom. The van der Waals surface area contributed by atoms with Crippen molar-refractivity contribution >= 4 is 17.6 Å². The highest BCUT2D eigenvalue weighted by atomic mass is 16.2. The maximum Gasteiger partial charge on any atom is 0.229 e. The van der Waals surface area contributed by atoms with Gasteiger partial charge in [-0.05, 0) is 19.3 Å². The van der Waals surface area contributed by atoms with Gasteiger partial charge in [-0.1, -0.05) is 6.92 Å². The van der Waals surface area contributed by atoms with Gasteiger partial charge >= 0.3 is 0 Å². The molecule has 4 heteroatoms. The maximum absolute atomic E-state index is 11.5. The zero-order valence-corrected chi connectivity index (χ0v) is 9.12. The standard InChI is InChI=1S/C11H17NO3/c1-2-5-9(13)8-12-10(14)6-3-4-7-11(12)15/h2-8H2,1H3. The molecule has 0 bridgehead atoms. The highest BCUT2D eigenvalue weighted by Crippen LogP contribution is 2.12. The van der Waals surface area contributed by atoms with E-state index in [-0.39, 0.29) is 24.1 Å². The smallest absolute Gasteiger partial charge is 0.229 e. The van der Waals surface area contributed by atoms with E-state index in [2.05, 4.69) is 0 Å². The van der Waals surface area contributed by atoms with E-state index < -0.39 is 0 Å². The zero-order chi connectivity index (χ0) is 11.3. The molecule has 0 aromatic heterocycles. The van der Waals surface area contributed by atoms with E-state index >= 15 is 0 Å². The molecule has 0 unspecified atom stereocenters. The first-order valence-corrected chi connectivity index (χ1v) is 5.50. The molecule has 0 aliphatic carbocycles. The minimum atomic E-state index is -0.193. The lowest BCUT2D eigenvalue weighted by molar-refractivity contribution is -0.146. The van der Waals surface area contributed by atoms with Crippen molar-refractivity contribution in [3.8, 4) is 0 Å². The van der Waals surface area contributed by atoms with Crippen LogP contribution in [-0.4, -0.2) is 29.0 Å². The molecule has 1 rings (SSSR count). The Balaban J connectivity index is 2.59. The molecule has 0 aromatic carbocycles. The first kappa shape index (κ1) is 11.9. The van der Waals surface area contributed by atoms with Crippen LogP contribution in [0.1, 0.15) is 45.4 Å². The average molecular weight is 211 g/mol. The summed E-state index contributed by atoms with van der Waals surface area (Å²) in [6, 6.07) is 0. The maximum atomic E-state index is 11.5. The van der Waals surface area contributed by atoms with Crippen molar-refractivity contribution in [1.29, 1.82) is 0 Å². The topological polar surface area (TPSA) is 54.5 Å². The summed E-state index contributed by atoms with van der Waals surface area (Å²) < 4.78 is 0. The molecule has 2 amide bonds. The summed E-state index contributed by atoms with van der Waals surface area (Å²) in [4.78, 5) is 35.5. The SMILES string of the molecule is CCCC(=O)CN1C(=O)CCCCC1=O. The fourth-order valence-corrected chi connectivity index (χ4v) is 1.67. The van der Waals surface area contributed by atoms with E-state index in [4.69, 9.17) is 0 Å². The summed E-state index contributed by atoms with van der Waals surface area (Å²) in [6.07, 6.45) is 3.49. The van der Waals surface area contributed by atoms with E-state index in [1.165, 1.54) is 0 Å². The summed E-state index contributed by atoms with van der Waals surface area (Å²) in [7, 11) is 0. The summed E-state index contributed by atoms with van der Waals surface area (Å²) in [6.45, 7) is 1.88. The number of carbonyl (C=O) groups is 3. The van der Waals surface area contributed by atoms with Crippen LogP contribution in [0.5, 0.6) is 0 Å². The van der Waals surface area contributed by atoms with E-state index in [1.807, 2.05) is 6.92 Å². The third kappa shape index (κ3) is 3.46. The number of Topliss-reactive ketones (excluding diaryl/α,β-unsaturated/α-hetero) is 1. The second-order valence-corrected chi connectivity index (χ2v) is 3.87. The first-order valence-electron chi connectivity index (χ1n) is 5.50. The monoisotopic (exact) mass is 211 g/mol. The Morgan fingerprint density at radius 3 is 2.20 bits per heavy atom. The van der Waals surface area contributed by atoms with Gasteiger partial charge in [0.15, 0.2) is 5.78 Å². The lowest BCUT2D eigenvalue weighted by Crippen LogP contribution is -2.39. The van der Waals surface area contributed by atoms with Gasteiger partial charge in [-0.25, -0.2) is 0 Å². The molecule has 1 heterocycles. The summed E-state index contributed by atoms with van der Waals surface area (Å²) in [5, 5.41) is 0. The van der Waals surface area contributed by atoms with Crippen LogP contribution in [0.25, 0.3) is 0 Å². The van der Waals surface area contributed by atoms with Gasteiger partial charge in [0.1, 0.15) is 0 Å². The molecule has 1 saturated heterocycles. The van der Waals surface area contributed by atoms with Crippen LogP contribution in [0.3, 0.4) is 0 Å². The molecule has 0 saturated carbocycles. The molecule has 0 aromatic rings. The van der Waals surface area contributed by atoms with Crippen LogP contribution in [0.4, 0.5) is 0 Å². The molecular formula is C11H17NO3. The highest BCUT2D eigenvalue weighted by Gasteiger charge is 2.25. The summed E-state index contributed by atoms with van der Waals surface area (Å²) >= 11 is 0. The number of rotatable bonds is 4. The van der Waals surface area contributed by atoms with Crippen LogP contribution in [-0.2, 0) is 14.4 Å². The van der Waals surface area contributed by atoms with E-state index in [0.29, 0.717) is 19.3 Å². The molecule has 0 atom stereocenters. The van der Waals surface area contributed by atoms with Gasteiger partial charge in [-0.15, -0.1) is 0 Å². The van der Waals surface area contributed by atoms with Crippen LogP contribution < -0.4 is 0 Å².